The second-order valence-corrected chi connectivity index (χ2v) is 12.6. The molecule has 16 heteroatoms. The molecule has 2 heterocycles. The van der Waals surface area contributed by atoms with Crippen LogP contribution in [-0.2, 0) is 28.5 Å². The number of aromatic nitrogens is 2. The number of aliphatic carboxylic acids is 1. The molecule has 3 N–H and O–H groups in total. The van der Waals surface area contributed by atoms with Crippen LogP contribution >= 0.6 is 11.6 Å². The first-order valence-electron chi connectivity index (χ1n) is 17.4. The Morgan fingerprint density at radius 2 is 1.51 bits per heavy atom. The van der Waals surface area contributed by atoms with E-state index in [9.17, 15) is 14.4 Å². The zero-order valence-corrected chi connectivity index (χ0v) is 29.5. The van der Waals surface area contributed by atoms with Crippen LogP contribution in [0.1, 0.15) is 61.0 Å². The van der Waals surface area contributed by atoms with Gasteiger partial charge in [0.1, 0.15) is 11.8 Å². The SMILES string of the molecule is N#Cc1ccc(OC2CCC(NC(=O)c3ccc(N4CCC(C(=O)NCCOCCOCCOCCOCCC(=O)O)CC4)nn3)CC2)cc1Cl. The predicted octanol–water partition coefficient (Wildman–Crippen LogP) is 3.00. The van der Waals surface area contributed by atoms with Gasteiger partial charge in [-0.2, -0.15) is 5.26 Å². The van der Waals surface area contributed by atoms with Crippen molar-refractivity contribution in [2.24, 2.45) is 5.92 Å². The van der Waals surface area contributed by atoms with E-state index in [4.69, 9.17) is 45.7 Å². The summed E-state index contributed by atoms with van der Waals surface area (Å²) >= 11 is 6.12. The van der Waals surface area contributed by atoms with Crippen LogP contribution in [0, 0.1) is 17.2 Å². The van der Waals surface area contributed by atoms with Gasteiger partial charge >= 0.3 is 5.97 Å². The number of anilines is 1. The summed E-state index contributed by atoms with van der Waals surface area (Å²) in [6.45, 7) is 4.66. The molecule has 0 spiro atoms. The number of piperidine rings is 1. The number of ether oxygens (including phenoxy) is 5. The number of hydrogen-bond donors (Lipinski definition) is 3. The highest BCUT2D eigenvalue weighted by molar-refractivity contribution is 6.31. The van der Waals surface area contributed by atoms with E-state index in [0.717, 1.165) is 25.7 Å². The first kappa shape index (κ1) is 39.7. The third-order valence-corrected chi connectivity index (χ3v) is 8.88. The minimum atomic E-state index is -0.890. The normalized spacial score (nSPS) is 17.8. The lowest BCUT2D eigenvalue weighted by molar-refractivity contribution is -0.138. The largest absolute Gasteiger partial charge is 0.490 e. The van der Waals surface area contributed by atoms with Gasteiger partial charge in [-0.05, 0) is 62.8 Å². The molecule has 1 aromatic heterocycles. The lowest BCUT2D eigenvalue weighted by Gasteiger charge is -2.32. The molecular weight excluding hydrogens is 684 g/mol. The summed E-state index contributed by atoms with van der Waals surface area (Å²) in [7, 11) is 0. The molecule has 2 amide bonds. The van der Waals surface area contributed by atoms with E-state index in [0.29, 0.717) is 101 Å². The monoisotopic (exact) mass is 730 g/mol. The summed E-state index contributed by atoms with van der Waals surface area (Å²) in [6.07, 6.45) is 4.46. The Labute approximate surface area is 302 Å². The number of nitrogens with zero attached hydrogens (tertiary/aromatic N) is 4. The van der Waals surface area contributed by atoms with Crippen LogP contribution in [0.4, 0.5) is 5.82 Å². The minimum Gasteiger partial charge on any atom is -0.490 e. The highest BCUT2D eigenvalue weighted by Gasteiger charge is 2.27. The molecule has 0 atom stereocenters. The van der Waals surface area contributed by atoms with Gasteiger partial charge in [-0.1, -0.05) is 11.6 Å². The van der Waals surface area contributed by atoms with Crippen molar-refractivity contribution in [3.05, 3.63) is 46.6 Å². The fourth-order valence-electron chi connectivity index (χ4n) is 5.73. The summed E-state index contributed by atoms with van der Waals surface area (Å²) in [5.41, 5.74) is 0.669. The Balaban J connectivity index is 1.01. The van der Waals surface area contributed by atoms with Gasteiger partial charge in [0.2, 0.25) is 5.91 Å². The lowest BCUT2D eigenvalue weighted by atomic mass is 9.93. The summed E-state index contributed by atoms with van der Waals surface area (Å²) in [5, 5.41) is 32.4. The van der Waals surface area contributed by atoms with Crippen LogP contribution in [0.25, 0.3) is 0 Å². The molecule has 4 rings (SSSR count). The number of carboxylic acid groups (broad SMARTS) is 1. The van der Waals surface area contributed by atoms with Crippen LogP contribution < -0.4 is 20.3 Å². The molecule has 1 saturated heterocycles. The maximum absolute atomic E-state index is 12.9. The third kappa shape index (κ3) is 14.2. The molecule has 278 valence electrons. The van der Waals surface area contributed by atoms with Crippen molar-refractivity contribution in [1.29, 1.82) is 5.26 Å². The van der Waals surface area contributed by atoms with Gasteiger partial charge in [0.25, 0.3) is 5.91 Å². The number of carbonyl (C=O) groups excluding carboxylic acids is 2. The van der Waals surface area contributed by atoms with Crippen molar-refractivity contribution < 1.29 is 43.2 Å². The average molecular weight is 731 g/mol. The molecule has 0 radical (unpaired) electrons. The van der Waals surface area contributed by atoms with Gasteiger partial charge in [-0.15, -0.1) is 10.2 Å². The summed E-state index contributed by atoms with van der Waals surface area (Å²) in [4.78, 5) is 38.0. The molecule has 1 aliphatic carbocycles. The third-order valence-electron chi connectivity index (χ3n) is 8.57. The Hall–Kier alpha value is -4.07. The second-order valence-electron chi connectivity index (χ2n) is 12.2. The molecule has 0 unspecified atom stereocenters. The number of nitriles is 1. The van der Waals surface area contributed by atoms with E-state index in [1.54, 1.807) is 30.3 Å². The van der Waals surface area contributed by atoms with Gasteiger partial charge in [-0.3, -0.25) is 14.4 Å². The molecule has 51 heavy (non-hydrogen) atoms. The molecule has 0 bridgehead atoms. The van der Waals surface area contributed by atoms with E-state index in [1.165, 1.54) is 0 Å². The number of nitrogens with one attached hydrogen (secondary N) is 2. The van der Waals surface area contributed by atoms with Crippen molar-refractivity contribution in [3.63, 3.8) is 0 Å². The Bertz CT molecular complexity index is 1430. The summed E-state index contributed by atoms with van der Waals surface area (Å²) in [5.74, 6) is 0.0778. The van der Waals surface area contributed by atoms with Gasteiger partial charge in [-0.25, -0.2) is 0 Å². The molecule has 2 aromatic rings. The van der Waals surface area contributed by atoms with Crippen LogP contribution in [-0.4, -0.2) is 118 Å². The number of halogens is 1. The first-order chi connectivity index (χ1) is 24.8. The zero-order valence-electron chi connectivity index (χ0n) is 28.7. The second kappa shape index (κ2) is 22.0. The summed E-state index contributed by atoms with van der Waals surface area (Å²) < 4.78 is 27.5. The van der Waals surface area contributed by atoms with Crippen molar-refractivity contribution in [2.75, 3.05) is 77.4 Å². The number of carboxylic acids is 1. The van der Waals surface area contributed by atoms with E-state index >= 15 is 0 Å². The molecule has 2 aliphatic rings. The molecule has 15 nitrogen and oxygen atoms in total. The van der Waals surface area contributed by atoms with Gasteiger partial charge < -0.3 is 44.3 Å². The Kier molecular flexibility index (Phi) is 17.1. The van der Waals surface area contributed by atoms with Crippen molar-refractivity contribution in [3.8, 4) is 11.8 Å². The van der Waals surface area contributed by atoms with E-state index < -0.39 is 5.97 Å². The molecule has 1 aromatic carbocycles. The number of benzene rings is 1. The van der Waals surface area contributed by atoms with E-state index in [2.05, 4.69) is 25.7 Å². The number of rotatable bonds is 21. The number of amides is 2. The summed E-state index contributed by atoms with van der Waals surface area (Å²) in [6, 6.07) is 10.6. The first-order valence-corrected chi connectivity index (χ1v) is 17.8. The number of hydrogen-bond acceptors (Lipinski definition) is 12. The molecular formula is C35H47ClN6O9. The number of carbonyl (C=O) groups is 3. The lowest BCUT2D eigenvalue weighted by Crippen LogP contribution is -2.42. The van der Waals surface area contributed by atoms with E-state index in [-0.39, 0.29) is 48.6 Å². The van der Waals surface area contributed by atoms with Crippen molar-refractivity contribution >= 4 is 35.2 Å². The van der Waals surface area contributed by atoms with E-state index in [1.807, 2.05) is 6.07 Å². The van der Waals surface area contributed by atoms with Crippen molar-refractivity contribution in [2.45, 2.75) is 57.1 Å². The standard InChI is InChI=1S/C35H47ClN6O9/c36-30-23-29(4-1-26(30)24-37)51-28-5-2-27(3-6-28)39-35(46)31-7-8-32(41-40-31)42-13-9-25(10-14-42)34(45)38-12-16-48-18-20-50-22-21-49-19-17-47-15-11-33(43)44/h1,4,7-8,23,25,27-28H,2-3,5-6,9-22H2,(H,38,45)(H,39,46)(H,43,44). The maximum Gasteiger partial charge on any atom is 0.305 e. The predicted molar refractivity (Wildman–Crippen MR) is 186 cm³/mol. The fourth-order valence-corrected chi connectivity index (χ4v) is 5.95. The smallest absolute Gasteiger partial charge is 0.305 e. The molecule has 2 fully saturated rings. The highest BCUT2D eigenvalue weighted by Crippen LogP contribution is 2.27. The molecule has 1 saturated carbocycles. The topological polar surface area (TPSA) is 194 Å². The zero-order chi connectivity index (χ0) is 36.3. The highest BCUT2D eigenvalue weighted by atomic mass is 35.5. The quantitative estimate of drug-likeness (QED) is 0.159. The average Bonchev–Trinajstić information content (AvgIpc) is 3.14. The van der Waals surface area contributed by atoms with Crippen LogP contribution in [0.2, 0.25) is 5.02 Å². The Morgan fingerprint density at radius 3 is 2.10 bits per heavy atom. The van der Waals surface area contributed by atoms with Crippen LogP contribution in [0.3, 0.4) is 0 Å². The fraction of sp³-hybridized carbons (Fsp3) is 0.600. The minimum absolute atomic E-state index is 0.0101. The van der Waals surface area contributed by atoms with Gasteiger partial charge in [0.05, 0.1) is 76.0 Å². The molecule has 1 aliphatic heterocycles. The maximum atomic E-state index is 12.9. The van der Waals surface area contributed by atoms with Crippen LogP contribution in [0.15, 0.2) is 30.3 Å². The Morgan fingerprint density at radius 1 is 0.863 bits per heavy atom. The van der Waals surface area contributed by atoms with Gasteiger partial charge in [0.15, 0.2) is 11.5 Å². The van der Waals surface area contributed by atoms with Crippen LogP contribution in [0.5, 0.6) is 5.75 Å². The van der Waals surface area contributed by atoms with Gasteiger partial charge in [0, 0.05) is 37.7 Å². The van der Waals surface area contributed by atoms with Crippen molar-refractivity contribution in [1.82, 2.24) is 20.8 Å².